The molecule has 1 aliphatic carbocycles. The first-order valence-corrected chi connectivity index (χ1v) is 10.8. The lowest BCUT2D eigenvalue weighted by molar-refractivity contribution is 0.214. The van der Waals surface area contributed by atoms with Crippen LogP contribution in [0, 0.1) is 5.41 Å². The van der Waals surface area contributed by atoms with Crippen molar-refractivity contribution in [1.29, 1.82) is 0 Å². The summed E-state index contributed by atoms with van der Waals surface area (Å²) < 4.78 is 6.11. The Kier molecular flexibility index (Phi) is 4.93. The lowest BCUT2D eigenvalue weighted by Crippen LogP contribution is -2.36. The van der Waals surface area contributed by atoms with E-state index >= 15 is 0 Å². The van der Waals surface area contributed by atoms with Gasteiger partial charge in [-0.1, -0.05) is 93.6 Å². The summed E-state index contributed by atoms with van der Waals surface area (Å²) in [5, 5.41) is 7.70. The van der Waals surface area contributed by atoms with Gasteiger partial charge in [0.2, 0.25) is 0 Å². The zero-order valence-electron chi connectivity index (χ0n) is 16.1. The van der Waals surface area contributed by atoms with Gasteiger partial charge in [0.1, 0.15) is 6.61 Å². The lowest BCUT2D eigenvalue weighted by atomic mass is 9.88. The Morgan fingerprint density at radius 2 is 1.52 bits per heavy atom. The molecule has 1 atom stereocenters. The van der Waals surface area contributed by atoms with Crippen molar-refractivity contribution < 1.29 is 4.74 Å². The third-order valence-electron chi connectivity index (χ3n) is 5.05. The molecular formula is C24H26NOP. The molecule has 0 saturated carbocycles. The van der Waals surface area contributed by atoms with Crippen LogP contribution in [0.2, 0.25) is 0 Å². The molecular weight excluding hydrogens is 349 g/mol. The number of benzene rings is 2. The molecule has 2 aromatic rings. The van der Waals surface area contributed by atoms with Crippen LogP contribution in [0.4, 0.5) is 0 Å². The zero-order valence-corrected chi connectivity index (χ0v) is 17.0. The quantitative estimate of drug-likeness (QED) is 0.777. The fourth-order valence-corrected chi connectivity index (χ4v) is 5.86. The van der Waals surface area contributed by atoms with Crippen molar-refractivity contribution in [3.63, 3.8) is 0 Å². The van der Waals surface area contributed by atoms with Crippen LogP contribution >= 0.6 is 7.92 Å². The minimum atomic E-state index is -0.629. The maximum Gasteiger partial charge on any atom is 0.195 e. The molecule has 2 aromatic carbocycles. The molecule has 2 nitrogen and oxygen atoms in total. The van der Waals surface area contributed by atoms with Crippen molar-refractivity contribution in [1.82, 2.24) is 5.32 Å². The second-order valence-corrected chi connectivity index (χ2v) is 10.2. The van der Waals surface area contributed by atoms with E-state index in [1.165, 1.54) is 21.5 Å². The Labute approximate surface area is 163 Å². The van der Waals surface area contributed by atoms with E-state index in [2.05, 4.69) is 105 Å². The van der Waals surface area contributed by atoms with E-state index in [1.807, 2.05) is 0 Å². The summed E-state index contributed by atoms with van der Waals surface area (Å²) in [6.07, 6.45) is 6.59. The molecule has 0 spiro atoms. The summed E-state index contributed by atoms with van der Waals surface area (Å²) in [6, 6.07) is 22.0. The summed E-state index contributed by atoms with van der Waals surface area (Å²) in [5.74, 6) is 0.925. The number of ether oxygens (including phenoxy) is 1. The molecule has 1 saturated heterocycles. The van der Waals surface area contributed by atoms with Gasteiger partial charge in [-0.05, 0) is 35.3 Å². The van der Waals surface area contributed by atoms with Crippen molar-refractivity contribution in [3.05, 3.63) is 95.7 Å². The molecule has 1 N–H and O–H groups in total. The monoisotopic (exact) mass is 375 g/mol. The number of rotatable bonds is 3. The predicted octanol–water partition coefficient (Wildman–Crippen LogP) is 4.82. The molecule has 2 aliphatic rings. The fraction of sp³-hybridized carbons (Fsp3) is 0.250. The molecule has 1 unspecified atom stereocenters. The highest BCUT2D eigenvalue weighted by Crippen LogP contribution is 2.49. The molecule has 0 radical (unpaired) electrons. The Morgan fingerprint density at radius 1 is 0.926 bits per heavy atom. The van der Waals surface area contributed by atoms with E-state index < -0.39 is 7.92 Å². The van der Waals surface area contributed by atoms with Crippen LogP contribution in [-0.2, 0) is 4.74 Å². The van der Waals surface area contributed by atoms with Gasteiger partial charge in [-0.3, -0.25) is 0 Å². The third-order valence-corrected chi connectivity index (χ3v) is 7.55. The Morgan fingerprint density at radius 3 is 2.04 bits per heavy atom. The molecule has 0 amide bonds. The van der Waals surface area contributed by atoms with Crippen LogP contribution in [0.15, 0.2) is 95.7 Å². The van der Waals surface area contributed by atoms with Gasteiger partial charge >= 0.3 is 0 Å². The van der Waals surface area contributed by atoms with Gasteiger partial charge in [0.25, 0.3) is 0 Å². The molecule has 4 rings (SSSR count). The minimum Gasteiger partial charge on any atom is -0.477 e. The Hall–Kier alpha value is -2.31. The standard InChI is InChI=1S/C24H26NOP/c1-24(2,3)22-17-26-23(25-22)20-15-10-16-21(20)27(18-11-6-4-7-12-18)19-13-8-5-9-14-19/h4-16,22,25H,17H2,1-3H3/b23-20+. The average molecular weight is 375 g/mol. The first-order valence-electron chi connectivity index (χ1n) is 9.46. The second-order valence-electron chi connectivity index (χ2n) is 8.03. The topological polar surface area (TPSA) is 21.3 Å². The van der Waals surface area contributed by atoms with Crippen molar-refractivity contribution in [3.8, 4) is 0 Å². The van der Waals surface area contributed by atoms with Crippen LogP contribution in [-0.4, -0.2) is 12.6 Å². The van der Waals surface area contributed by atoms with E-state index in [-0.39, 0.29) is 5.41 Å². The van der Waals surface area contributed by atoms with Gasteiger partial charge < -0.3 is 10.1 Å². The van der Waals surface area contributed by atoms with Gasteiger partial charge in [-0.25, -0.2) is 0 Å². The van der Waals surface area contributed by atoms with E-state index in [1.54, 1.807) is 0 Å². The molecule has 27 heavy (non-hydrogen) atoms. The lowest BCUT2D eigenvalue weighted by Gasteiger charge is -2.25. The fourth-order valence-electron chi connectivity index (χ4n) is 3.41. The van der Waals surface area contributed by atoms with Gasteiger partial charge in [0.05, 0.1) is 6.04 Å². The van der Waals surface area contributed by atoms with Gasteiger partial charge in [0.15, 0.2) is 5.88 Å². The molecule has 0 bridgehead atoms. The summed E-state index contributed by atoms with van der Waals surface area (Å²) in [6.45, 7) is 7.48. The number of nitrogens with one attached hydrogen (secondary N) is 1. The van der Waals surface area contributed by atoms with E-state index in [0.29, 0.717) is 6.04 Å². The Balaban J connectivity index is 1.74. The van der Waals surface area contributed by atoms with E-state index in [4.69, 9.17) is 4.74 Å². The van der Waals surface area contributed by atoms with E-state index in [0.717, 1.165) is 12.5 Å². The molecule has 1 aliphatic heterocycles. The summed E-state index contributed by atoms with van der Waals surface area (Å²) in [5.41, 5.74) is 1.36. The molecule has 3 heteroatoms. The van der Waals surface area contributed by atoms with Crippen molar-refractivity contribution >= 4 is 18.5 Å². The summed E-state index contributed by atoms with van der Waals surface area (Å²) in [7, 11) is -0.629. The van der Waals surface area contributed by atoms with Crippen LogP contribution in [0.5, 0.6) is 0 Å². The van der Waals surface area contributed by atoms with Crippen molar-refractivity contribution in [2.75, 3.05) is 6.61 Å². The zero-order chi connectivity index (χ0) is 18.9. The van der Waals surface area contributed by atoms with Crippen LogP contribution in [0.3, 0.4) is 0 Å². The van der Waals surface area contributed by atoms with Gasteiger partial charge in [-0.15, -0.1) is 0 Å². The van der Waals surface area contributed by atoms with Gasteiger partial charge in [0, 0.05) is 5.57 Å². The maximum absolute atomic E-state index is 6.11. The maximum atomic E-state index is 6.11. The predicted molar refractivity (Wildman–Crippen MR) is 116 cm³/mol. The SMILES string of the molecule is CC(C)(C)C1CO/C(=C2\C=CC=C2P(c2ccccc2)c2ccccc2)N1. The Bertz CT molecular complexity index is 851. The smallest absolute Gasteiger partial charge is 0.195 e. The highest BCUT2D eigenvalue weighted by molar-refractivity contribution is 7.77. The van der Waals surface area contributed by atoms with E-state index in [9.17, 15) is 0 Å². The summed E-state index contributed by atoms with van der Waals surface area (Å²) >= 11 is 0. The second kappa shape index (κ2) is 7.37. The number of hydrogen-bond acceptors (Lipinski definition) is 2. The molecule has 138 valence electrons. The highest BCUT2D eigenvalue weighted by Gasteiger charge is 2.34. The molecule has 1 heterocycles. The van der Waals surface area contributed by atoms with Crippen LogP contribution in [0.1, 0.15) is 20.8 Å². The number of allylic oxidation sites excluding steroid dienone is 5. The first-order chi connectivity index (χ1) is 13.0. The van der Waals surface area contributed by atoms with Crippen LogP contribution < -0.4 is 15.9 Å². The third kappa shape index (κ3) is 3.73. The van der Waals surface area contributed by atoms with Crippen molar-refractivity contribution in [2.24, 2.45) is 5.41 Å². The van der Waals surface area contributed by atoms with Gasteiger partial charge in [-0.2, -0.15) is 0 Å². The average Bonchev–Trinajstić information content (AvgIpc) is 3.33. The normalized spacial score (nSPS) is 21.9. The van der Waals surface area contributed by atoms with Crippen molar-refractivity contribution in [2.45, 2.75) is 26.8 Å². The summed E-state index contributed by atoms with van der Waals surface area (Å²) in [4.78, 5) is 0. The van der Waals surface area contributed by atoms with Crippen LogP contribution in [0.25, 0.3) is 0 Å². The first kappa shape index (κ1) is 18.1. The number of hydrogen-bond donors (Lipinski definition) is 1. The largest absolute Gasteiger partial charge is 0.477 e. The minimum absolute atomic E-state index is 0.165. The molecule has 0 aromatic heterocycles. The molecule has 1 fully saturated rings. The highest BCUT2D eigenvalue weighted by atomic mass is 31.1.